The molecular weight excluding hydrogens is 340 g/mol. The van der Waals surface area contributed by atoms with E-state index in [4.69, 9.17) is 4.74 Å². The van der Waals surface area contributed by atoms with E-state index in [1.165, 1.54) is 17.5 Å². The summed E-state index contributed by atoms with van der Waals surface area (Å²) < 4.78 is 7.40. The first-order valence-electron chi connectivity index (χ1n) is 9.05. The van der Waals surface area contributed by atoms with Crippen LogP contribution in [0.2, 0.25) is 0 Å². The van der Waals surface area contributed by atoms with Gasteiger partial charge in [0.25, 0.3) is 0 Å². The summed E-state index contributed by atoms with van der Waals surface area (Å²) in [7, 11) is 2.01. The SMILES string of the molecule is Cc1ccc(OC[C@H](O)CN(C)[C@H](C)c2ccc(-n3cncn3)cc2)cc1. The molecule has 0 spiro atoms. The highest BCUT2D eigenvalue weighted by Gasteiger charge is 2.16. The van der Waals surface area contributed by atoms with Crippen molar-refractivity contribution < 1.29 is 9.84 Å². The van der Waals surface area contributed by atoms with Gasteiger partial charge in [-0.2, -0.15) is 5.10 Å². The minimum atomic E-state index is -0.562. The van der Waals surface area contributed by atoms with Crippen LogP contribution in [0.25, 0.3) is 5.69 Å². The molecule has 0 saturated carbocycles. The Kier molecular flexibility index (Phi) is 6.21. The van der Waals surface area contributed by atoms with Crippen molar-refractivity contribution in [1.29, 1.82) is 0 Å². The Labute approximate surface area is 160 Å². The molecule has 142 valence electrons. The molecule has 2 atom stereocenters. The predicted octanol–water partition coefficient (Wildman–Crippen LogP) is 3.01. The quantitative estimate of drug-likeness (QED) is 0.664. The molecule has 2 aromatic carbocycles. The van der Waals surface area contributed by atoms with Crippen molar-refractivity contribution in [3.05, 3.63) is 72.3 Å². The highest BCUT2D eigenvalue weighted by atomic mass is 16.5. The molecule has 3 rings (SSSR count). The highest BCUT2D eigenvalue weighted by Crippen LogP contribution is 2.20. The summed E-state index contributed by atoms with van der Waals surface area (Å²) in [5, 5.41) is 14.4. The van der Waals surface area contributed by atoms with Gasteiger partial charge in [0.15, 0.2) is 0 Å². The number of hydrogen-bond donors (Lipinski definition) is 1. The highest BCUT2D eigenvalue weighted by molar-refractivity contribution is 5.34. The second-order valence-electron chi connectivity index (χ2n) is 6.83. The molecular formula is C21H26N4O2. The molecule has 0 aliphatic heterocycles. The van der Waals surface area contributed by atoms with Crippen LogP contribution in [0.15, 0.2) is 61.2 Å². The van der Waals surface area contributed by atoms with Gasteiger partial charge in [0.1, 0.15) is 31.1 Å². The first-order chi connectivity index (χ1) is 13.0. The summed E-state index contributed by atoms with van der Waals surface area (Å²) in [6, 6.07) is 16.2. The van der Waals surface area contributed by atoms with Crippen molar-refractivity contribution in [2.75, 3.05) is 20.2 Å². The van der Waals surface area contributed by atoms with Gasteiger partial charge in [0.2, 0.25) is 0 Å². The van der Waals surface area contributed by atoms with Gasteiger partial charge in [-0.3, -0.25) is 4.90 Å². The molecule has 6 nitrogen and oxygen atoms in total. The lowest BCUT2D eigenvalue weighted by Crippen LogP contribution is -2.34. The maximum absolute atomic E-state index is 10.3. The maximum Gasteiger partial charge on any atom is 0.138 e. The molecule has 6 heteroatoms. The van der Waals surface area contributed by atoms with Crippen molar-refractivity contribution in [3.63, 3.8) is 0 Å². The Morgan fingerprint density at radius 1 is 1.11 bits per heavy atom. The summed E-state index contributed by atoms with van der Waals surface area (Å²) in [4.78, 5) is 6.08. The number of rotatable bonds is 8. The standard InChI is InChI=1S/C21H26N4O2/c1-16-4-10-21(11-5-16)27-13-20(26)12-24(3)17(2)18-6-8-19(9-7-18)25-15-22-14-23-25/h4-11,14-15,17,20,26H,12-13H2,1-3H3/t17-,20-/m1/s1. The van der Waals surface area contributed by atoms with Crippen LogP contribution in [-0.2, 0) is 0 Å². The van der Waals surface area contributed by atoms with Crippen LogP contribution >= 0.6 is 0 Å². The van der Waals surface area contributed by atoms with Gasteiger partial charge in [-0.05, 0) is 50.7 Å². The molecule has 0 saturated heterocycles. The monoisotopic (exact) mass is 366 g/mol. The zero-order chi connectivity index (χ0) is 19.2. The van der Waals surface area contributed by atoms with Crippen LogP contribution in [0, 0.1) is 6.92 Å². The van der Waals surface area contributed by atoms with E-state index in [0.29, 0.717) is 6.54 Å². The average molecular weight is 366 g/mol. The molecule has 1 aromatic heterocycles. The molecule has 0 fully saturated rings. The van der Waals surface area contributed by atoms with E-state index in [0.717, 1.165) is 11.4 Å². The van der Waals surface area contributed by atoms with E-state index in [1.807, 2.05) is 50.4 Å². The van der Waals surface area contributed by atoms with Crippen LogP contribution in [0.1, 0.15) is 24.1 Å². The van der Waals surface area contributed by atoms with Gasteiger partial charge in [-0.1, -0.05) is 29.8 Å². The largest absolute Gasteiger partial charge is 0.491 e. The van der Waals surface area contributed by atoms with E-state index < -0.39 is 6.10 Å². The number of benzene rings is 2. The van der Waals surface area contributed by atoms with Crippen molar-refractivity contribution >= 4 is 0 Å². The topological polar surface area (TPSA) is 63.4 Å². The van der Waals surface area contributed by atoms with Crippen molar-refractivity contribution in [2.45, 2.75) is 26.0 Å². The minimum Gasteiger partial charge on any atom is -0.491 e. The van der Waals surface area contributed by atoms with E-state index in [2.05, 4.69) is 34.0 Å². The van der Waals surface area contributed by atoms with Crippen molar-refractivity contribution in [1.82, 2.24) is 19.7 Å². The summed E-state index contributed by atoms with van der Waals surface area (Å²) in [5.41, 5.74) is 3.33. The number of ether oxygens (including phenoxy) is 1. The smallest absolute Gasteiger partial charge is 0.138 e. The molecule has 1 N–H and O–H groups in total. The van der Waals surface area contributed by atoms with Gasteiger partial charge in [-0.15, -0.1) is 0 Å². The fraction of sp³-hybridized carbons (Fsp3) is 0.333. The van der Waals surface area contributed by atoms with Crippen LogP contribution < -0.4 is 4.74 Å². The van der Waals surface area contributed by atoms with Gasteiger partial charge in [-0.25, -0.2) is 9.67 Å². The molecule has 0 bridgehead atoms. The summed E-state index contributed by atoms with van der Waals surface area (Å²) >= 11 is 0. The fourth-order valence-electron chi connectivity index (χ4n) is 2.87. The number of aliphatic hydroxyl groups is 1. The number of hydrogen-bond acceptors (Lipinski definition) is 5. The zero-order valence-corrected chi connectivity index (χ0v) is 16.0. The van der Waals surface area contributed by atoms with Crippen molar-refractivity contribution in [2.24, 2.45) is 0 Å². The molecule has 0 amide bonds. The van der Waals surface area contributed by atoms with E-state index in [9.17, 15) is 5.11 Å². The van der Waals surface area contributed by atoms with Crippen LogP contribution in [-0.4, -0.2) is 51.1 Å². The second kappa shape index (κ2) is 8.79. The third kappa shape index (κ3) is 5.15. The normalized spacial score (nSPS) is 13.5. The summed E-state index contributed by atoms with van der Waals surface area (Å²) in [6.07, 6.45) is 2.63. The average Bonchev–Trinajstić information content (AvgIpc) is 3.22. The van der Waals surface area contributed by atoms with E-state index in [-0.39, 0.29) is 12.6 Å². The Bertz CT molecular complexity index is 816. The summed E-state index contributed by atoms with van der Waals surface area (Å²) in [6.45, 7) is 4.95. The van der Waals surface area contributed by atoms with Crippen LogP contribution in [0.3, 0.4) is 0 Å². The zero-order valence-electron chi connectivity index (χ0n) is 16.0. The first-order valence-corrected chi connectivity index (χ1v) is 9.05. The second-order valence-corrected chi connectivity index (χ2v) is 6.83. The molecule has 0 unspecified atom stereocenters. The lowest BCUT2D eigenvalue weighted by Gasteiger charge is -2.27. The lowest BCUT2D eigenvalue weighted by atomic mass is 10.1. The first kappa shape index (κ1) is 19.1. The summed E-state index contributed by atoms with van der Waals surface area (Å²) in [5.74, 6) is 0.777. The number of aryl methyl sites for hydroxylation is 1. The van der Waals surface area contributed by atoms with Crippen molar-refractivity contribution in [3.8, 4) is 11.4 Å². The Hall–Kier alpha value is -2.70. The van der Waals surface area contributed by atoms with E-state index in [1.54, 1.807) is 11.0 Å². The maximum atomic E-state index is 10.3. The van der Waals surface area contributed by atoms with Gasteiger partial charge < -0.3 is 9.84 Å². The predicted molar refractivity (Wildman–Crippen MR) is 105 cm³/mol. The Morgan fingerprint density at radius 3 is 2.44 bits per heavy atom. The number of nitrogens with zero attached hydrogens (tertiary/aromatic N) is 4. The minimum absolute atomic E-state index is 0.170. The number of likely N-dealkylation sites (N-methyl/N-ethyl adjacent to an activating group) is 1. The molecule has 0 radical (unpaired) electrons. The van der Waals surface area contributed by atoms with E-state index >= 15 is 0 Å². The number of aromatic nitrogens is 3. The lowest BCUT2D eigenvalue weighted by molar-refractivity contribution is 0.0654. The van der Waals surface area contributed by atoms with Crippen LogP contribution in [0.4, 0.5) is 0 Å². The Morgan fingerprint density at radius 2 is 1.81 bits per heavy atom. The van der Waals surface area contributed by atoms with Gasteiger partial charge >= 0.3 is 0 Å². The molecule has 0 aliphatic rings. The fourth-order valence-corrected chi connectivity index (χ4v) is 2.87. The van der Waals surface area contributed by atoms with Gasteiger partial charge in [0.05, 0.1) is 5.69 Å². The molecule has 27 heavy (non-hydrogen) atoms. The molecule has 3 aromatic rings. The molecule has 0 aliphatic carbocycles. The van der Waals surface area contributed by atoms with Crippen LogP contribution in [0.5, 0.6) is 5.75 Å². The van der Waals surface area contributed by atoms with Gasteiger partial charge in [0, 0.05) is 12.6 Å². The third-order valence-electron chi connectivity index (χ3n) is 4.68. The molecule has 1 heterocycles. The Balaban J connectivity index is 1.51. The third-order valence-corrected chi connectivity index (χ3v) is 4.68. The number of aliphatic hydroxyl groups excluding tert-OH is 1.